The van der Waals surface area contributed by atoms with Gasteiger partial charge in [-0.05, 0) is 6.42 Å². The topological polar surface area (TPSA) is 52.3 Å². The van der Waals surface area contributed by atoms with Crippen molar-refractivity contribution in [3.63, 3.8) is 0 Å². The van der Waals surface area contributed by atoms with E-state index in [4.69, 9.17) is 4.74 Å². The van der Waals surface area contributed by atoms with Gasteiger partial charge in [-0.1, -0.05) is 147 Å². The second-order valence-corrected chi connectivity index (χ2v) is 9.45. The molecular weight excluding hydrogens is 398 g/mol. The summed E-state index contributed by atoms with van der Waals surface area (Å²) in [5, 5.41) is 3.58. The van der Waals surface area contributed by atoms with Crippen LogP contribution in [0.5, 0.6) is 0 Å². The van der Waals surface area contributed by atoms with E-state index in [0.29, 0.717) is 6.61 Å². The second-order valence-electron chi connectivity index (χ2n) is 9.45. The van der Waals surface area contributed by atoms with E-state index in [1.165, 1.54) is 141 Å². The molecule has 0 radical (unpaired) electrons. The zero-order valence-corrected chi connectivity index (χ0v) is 21.1. The molecule has 0 bridgehead atoms. The largest absolute Gasteiger partial charge is 0.461 e. The summed E-state index contributed by atoms with van der Waals surface area (Å²) in [6.07, 6.45) is 31.7. The minimum Gasteiger partial charge on any atom is -0.461 e. The first-order valence-corrected chi connectivity index (χ1v) is 13.9. The van der Waals surface area contributed by atoms with E-state index in [1.54, 1.807) is 0 Å². The highest BCUT2D eigenvalue weighted by molar-refractivity contribution is 5.86. The lowest BCUT2D eigenvalue weighted by Crippen LogP contribution is -2.06. The Morgan fingerprint density at radius 2 is 1.03 bits per heavy atom. The fraction of sp³-hybridized carbons (Fsp3) is 0.857. The fourth-order valence-corrected chi connectivity index (χ4v) is 4.27. The lowest BCUT2D eigenvalue weighted by molar-refractivity contribution is 0.0486. The van der Waals surface area contributed by atoms with Gasteiger partial charge in [0.1, 0.15) is 6.26 Å². The summed E-state index contributed by atoms with van der Waals surface area (Å²) < 4.78 is 9.81. The van der Waals surface area contributed by atoms with Crippen LogP contribution in [-0.4, -0.2) is 17.7 Å². The summed E-state index contributed by atoms with van der Waals surface area (Å²) in [6.45, 7) is 2.77. The molecule has 0 aliphatic carbocycles. The molecule has 1 aromatic rings. The number of aromatic nitrogens is 1. The number of ether oxygens (including phenoxy) is 1. The lowest BCUT2D eigenvalue weighted by atomic mass is 10.0. The van der Waals surface area contributed by atoms with Crippen molar-refractivity contribution in [3.8, 4) is 0 Å². The van der Waals surface area contributed by atoms with Crippen molar-refractivity contribution in [2.24, 2.45) is 0 Å². The maximum Gasteiger partial charge on any atom is 0.360 e. The minimum absolute atomic E-state index is 0.254. The number of nitrogens with zero attached hydrogens (tertiary/aromatic N) is 1. The van der Waals surface area contributed by atoms with Gasteiger partial charge >= 0.3 is 5.97 Å². The summed E-state index contributed by atoms with van der Waals surface area (Å²) in [5.41, 5.74) is 0.254. The molecule has 0 saturated heterocycles. The van der Waals surface area contributed by atoms with E-state index in [-0.39, 0.29) is 11.7 Å². The van der Waals surface area contributed by atoms with Crippen molar-refractivity contribution in [1.82, 2.24) is 5.16 Å². The van der Waals surface area contributed by atoms with Gasteiger partial charge in [-0.25, -0.2) is 4.79 Å². The Kier molecular flexibility index (Phi) is 20.5. The Morgan fingerprint density at radius 1 is 0.656 bits per heavy atom. The Morgan fingerprint density at radius 3 is 1.38 bits per heavy atom. The van der Waals surface area contributed by atoms with E-state index in [0.717, 1.165) is 12.8 Å². The highest BCUT2D eigenvalue weighted by Gasteiger charge is 2.09. The Hall–Kier alpha value is -1.32. The molecular formula is C28H51NO3. The number of hydrogen-bond acceptors (Lipinski definition) is 4. The van der Waals surface area contributed by atoms with E-state index >= 15 is 0 Å². The molecule has 0 saturated carbocycles. The van der Waals surface area contributed by atoms with Gasteiger partial charge in [-0.15, -0.1) is 0 Å². The van der Waals surface area contributed by atoms with Gasteiger partial charge in [0.15, 0.2) is 5.69 Å². The number of carbonyl (C=O) groups is 1. The molecule has 0 N–H and O–H groups in total. The molecule has 0 aliphatic heterocycles. The predicted octanol–water partition coefficient (Wildman–Crippen LogP) is 9.43. The molecule has 0 amide bonds. The number of hydrogen-bond donors (Lipinski definition) is 0. The van der Waals surface area contributed by atoms with Gasteiger partial charge in [0, 0.05) is 6.07 Å². The zero-order chi connectivity index (χ0) is 23.0. The average molecular weight is 450 g/mol. The third-order valence-electron chi connectivity index (χ3n) is 6.38. The van der Waals surface area contributed by atoms with Crippen LogP contribution < -0.4 is 0 Å². The van der Waals surface area contributed by atoms with Gasteiger partial charge < -0.3 is 9.26 Å². The van der Waals surface area contributed by atoms with Gasteiger partial charge in [0.05, 0.1) is 6.61 Å². The van der Waals surface area contributed by atoms with Crippen LogP contribution in [0.1, 0.15) is 159 Å². The summed E-state index contributed by atoms with van der Waals surface area (Å²) >= 11 is 0. The molecule has 0 atom stereocenters. The van der Waals surface area contributed by atoms with E-state index < -0.39 is 0 Å². The van der Waals surface area contributed by atoms with Crippen molar-refractivity contribution in [1.29, 1.82) is 0 Å². The SMILES string of the molecule is CCCCCCCCCCCCCCCCCCCCCCCCOC(=O)c1ccon1. The number of esters is 1. The molecule has 4 heteroatoms. The van der Waals surface area contributed by atoms with Crippen LogP contribution in [0.2, 0.25) is 0 Å². The molecule has 0 spiro atoms. The smallest absolute Gasteiger partial charge is 0.360 e. The maximum atomic E-state index is 11.6. The molecule has 0 fully saturated rings. The summed E-state index contributed by atoms with van der Waals surface area (Å²) in [6, 6.07) is 1.53. The number of unbranched alkanes of at least 4 members (excludes halogenated alkanes) is 21. The van der Waals surface area contributed by atoms with Crippen LogP contribution in [0.15, 0.2) is 16.9 Å². The molecule has 186 valence electrons. The standard InChI is InChI=1S/C28H51NO3/c1-2-3-4-5-6-7-8-9-10-11-12-13-14-15-16-17-18-19-20-21-22-23-25-31-28(30)27-24-26-32-29-27/h24,26H,2-23,25H2,1H3. The third-order valence-corrected chi connectivity index (χ3v) is 6.38. The van der Waals surface area contributed by atoms with E-state index in [9.17, 15) is 4.79 Å². The third kappa shape index (κ3) is 18.3. The van der Waals surface area contributed by atoms with Crippen molar-refractivity contribution in [2.45, 2.75) is 148 Å². The van der Waals surface area contributed by atoms with Crippen LogP contribution in [0.25, 0.3) is 0 Å². The summed E-state index contributed by atoms with van der Waals surface area (Å²) in [5.74, 6) is -0.387. The normalized spacial score (nSPS) is 11.2. The fourth-order valence-electron chi connectivity index (χ4n) is 4.27. The first kappa shape index (κ1) is 28.7. The first-order valence-electron chi connectivity index (χ1n) is 13.9. The first-order chi connectivity index (χ1) is 15.8. The molecule has 1 heterocycles. The minimum atomic E-state index is -0.387. The van der Waals surface area contributed by atoms with Crippen LogP contribution in [0.4, 0.5) is 0 Å². The van der Waals surface area contributed by atoms with Crippen LogP contribution >= 0.6 is 0 Å². The average Bonchev–Trinajstić information content (AvgIpc) is 3.34. The van der Waals surface area contributed by atoms with Crippen LogP contribution in [0, 0.1) is 0 Å². The Balaban J connectivity index is 1.66. The number of rotatable bonds is 24. The number of carbonyl (C=O) groups excluding carboxylic acids is 1. The molecule has 0 aliphatic rings. The Labute approximate surface area is 198 Å². The lowest BCUT2D eigenvalue weighted by Gasteiger charge is -2.04. The van der Waals surface area contributed by atoms with Crippen molar-refractivity contribution >= 4 is 5.97 Å². The molecule has 0 aromatic carbocycles. The second kappa shape index (κ2) is 22.9. The zero-order valence-electron chi connectivity index (χ0n) is 21.1. The molecule has 1 aromatic heterocycles. The Bertz CT molecular complexity index is 501. The summed E-state index contributed by atoms with van der Waals surface area (Å²) in [7, 11) is 0. The molecule has 1 rings (SSSR count). The van der Waals surface area contributed by atoms with E-state index in [2.05, 4.69) is 16.6 Å². The highest BCUT2D eigenvalue weighted by atomic mass is 16.5. The van der Waals surface area contributed by atoms with Crippen LogP contribution in [-0.2, 0) is 4.74 Å². The van der Waals surface area contributed by atoms with Crippen molar-refractivity contribution < 1.29 is 14.1 Å². The van der Waals surface area contributed by atoms with Gasteiger partial charge in [-0.3, -0.25) is 0 Å². The monoisotopic (exact) mass is 449 g/mol. The molecule has 4 nitrogen and oxygen atoms in total. The quantitative estimate of drug-likeness (QED) is 0.116. The highest BCUT2D eigenvalue weighted by Crippen LogP contribution is 2.15. The van der Waals surface area contributed by atoms with Crippen LogP contribution in [0.3, 0.4) is 0 Å². The van der Waals surface area contributed by atoms with Gasteiger partial charge in [0.25, 0.3) is 0 Å². The van der Waals surface area contributed by atoms with Crippen molar-refractivity contribution in [3.05, 3.63) is 18.0 Å². The van der Waals surface area contributed by atoms with E-state index in [1.807, 2.05) is 0 Å². The summed E-state index contributed by atoms with van der Waals surface area (Å²) in [4.78, 5) is 11.6. The maximum absolute atomic E-state index is 11.6. The van der Waals surface area contributed by atoms with Gasteiger partial charge in [-0.2, -0.15) is 0 Å². The van der Waals surface area contributed by atoms with Crippen molar-refractivity contribution in [2.75, 3.05) is 6.61 Å². The molecule has 0 unspecified atom stereocenters. The predicted molar refractivity (Wildman–Crippen MR) is 134 cm³/mol. The molecule has 32 heavy (non-hydrogen) atoms. The van der Waals surface area contributed by atoms with Gasteiger partial charge in [0.2, 0.25) is 0 Å².